The number of hydrogen-bond acceptors (Lipinski definition) is 5. The highest BCUT2D eigenvalue weighted by atomic mass is 32.1. The first-order valence-electron chi connectivity index (χ1n) is 6.42. The minimum Gasteiger partial charge on any atom is -0.384 e. The van der Waals surface area contributed by atoms with E-state index in [9.17, 15) is 13.2 Å². The summed E-state index contributed by atoms with van der Waals surface area (Å²) in [5.41, 5.74) is 5.44. The Kier molecular flexibility index (Phi) is 4.66. The molecule has 114 valence electrons. The lowest BCUT2D eigenvalue weighted by molar-refractivity contribution is -0.144. The van der Waals surface area contributed by atoms with Crippen molar-refractivity contribution in [2.24, 2.45) is 0 Å². The lowest BCUT2D eigenvalue weighted by Gasteiger charge is -2.18. The van der Waals surface area contributed by atoms with Gasteiger partial charge < -0.3 is 11.1 Å². The zero-order valence-electron chi connectivity index (χ0n) is 11.3. The molecule has 2 aromatic rings. The van der Waals surface area contributed by atoms with Gasteiger partial charge in [0.1, 0.15) is 11.6 Å². The van der Waals surface area contributed by atoms with Crippen LogP contribution in [0.2, 0.25) is 0 Å². The Morgan fingerprint density at radius 2 is 2.14 bits per heavy atom. The molecule has 0 aliphatic rings. The Morgan fingerprint density at radius 1 is 1.38 bits per heavy atom. The van der Waals surface area contributed by atoms with Crippen LogP contribution in [-0.4, -0.2) is 9.97 Å². The van der Waals surface area contributed by atoms with Crippen LogP contribution >= 0.6 is 11.3 Å². The zero-order valence-corrected chi connectivity index (χ0v) is 12.1. The number of nitrogen functional groups attached to an aromatic ring is 1. The summed E-state index contributed by atoms with van der Waals surface area (Å²) in [4.78, 5) is 7.78. The van der Waals surface area contributed by atoms with Crippen LogP contribution in [0.1, 0.15) is 36.5 Å². The minimum atomic E-state index is -4.62. The second kappa shape index (κ2) is 6.30. The van der Waals surface area contributed by atoms with E-state index in [-0.39, 0.29) is 17.7 Å². The van der Waals surface area contributed by atoms with Gasteiger partial charge in [-0.25, -0.2) is 9.97 Å². The van der Waals surface area contributed by atoms with E-state index in [1.165, 1.54) is 6.07 Å². The van der Waals surface area contributed by atoms with E-state index in [0.29, 0.717) is 0 Å². The molecule has 0 saturated heterocycles. The van der Waals surface area contributed by atoms with E-state index in [4.69, 9.17) is 5.73 Å². The number of nitrogens with zero attached hydrogens (tertiary/aromatic N) is 2. The highest BCUT2D eigenvalue weighted by Gasteiger charge is 2.35. The van der Waals surface area contributed by atoms with Gasteiger partial charge in [-0.3, -0.25) is 0 Å². The van der Waals surface area contributed by atoms with Gasteiger partial charge in [-0.2, -0.15) is 13.2 Å². The Labute approximate surface area is 124 Å². The van der Waals surface area contributed by atoms with Gasteiger partial charge in [-0.15, -0.1) is 11.3 Å². The Balaban J connectivity index is 2.26. The number of rotatable bonds is 5. The maximum absolute atomic E-state index is 12.7. The van der Waals surface area contributed by atoms with E-state index in [0.717, 1.165) is 17.7 Å². The fraction of sp³-hybridized carbons (Fsp3) is 0.385. The van der Waals surface area contributed by atoms with Gasteiger partial charge in [0, 0.05) is 10.9 Å². The smallest absolute Gasteiger partial charge is 0.384 e. The predicted molar refractivity (Wildman–Crippen MR) is 77.0 cm³/mol. The van der Waals surface area contributed by atoms with E-state index in [1.807, 2.05) is 24.4 Å². The highest BCUT2D eigenvalue weighted by molar-refractivity contribution is 7.10. The molecule has 21 heavy (non-hydrogen) atoms. The van der Waals surface area contributed by atoms with Crippen LogP contribution in [0.25, 0.3) is 0 Å². The molecule has 0 saturated carbocycles. The first-order chi connectivity index (χ1) is 9.90. The first-order valence-corrected chi connectivity index (χ1v) is 7.29. The van der Waals surface area contributed by atoms with Crippen molar-refractivity contribution in [1.82, 2.24) is 9.97 Å². The van der Waals surface area contributed by atoms with Crippen molar-refractivity contribution < 1.29 is 13.2 Å². The molecule has 0 fully saturated rings. The Hall–Kier alpha value is -1.83. The fourth-order valence-corrected chi connectivity index (χ4v) is 2.72. The normalized spacial score (nSPS) is 13.1. The van der Waals surface area contributed by atoms with Crippen molar-refractivity contribution in [3.05, 3.63) is 34.3 Å². The summed E-state index contributed by atoms with van der Waals surface area (Å²) in [6.45, 7) is 2.01. The summed E-state index contributed by atoms with van der Waals surface area (Å²) in [6, 6.07) is 5.06. The highest BCUT2D eigenvalue weighted by Crippen LogP contribution is 2.30. The third-order valence-electron chi connectivity index (χ3n) is 2.79. The third-order valence-corrected chi connectivity index (χ3v) is 3.77. The van der Waals surface area contributed by atoms with Crippen molar-refractivity contribution in [2.45, 2.75) is 32.0 Å². The third kappa shape index (κ3) is 4.07. The standard InChI is InChI=1S/C13H15F3N4S/c1-2-4-8(9-5-3-6-21-9)18-11-7-10(17)19-12(20-11)13(14,15)16/h3,5-8H,2,4H2,1H3,(H3,17,18,19,20). The average Bonchev–Trinajstić information content (AvgIpc) is 2.90. The summed E-state index contributed by atoms with van der Waals surface area (Å²) >= 11 is 1.54. The summed E-state index contributed by atoms with van der Waals surface area (Å²) < 4.78 is 38.1. The first kappa shape index (κ1) is 15.6. The molecule has 2 heterocycles. The van der Waals surface area contributed by atoms with Crippen LogP contribution in [0.15, 0.2) is 23.6 Å². The molecule has 8 heteroatoms. The number of alkyl halides is 3. The molecule has 4 nitrogen and oxygen atoms in total. The van der Waals surface area contributed by atoms with Gasteiger partial charge in [0.05, 0.1) is 6.04 Å². The van der Waals surface area contributed by atoms with Gasteiger partial charge in [0.2, 0.25) is 5.82 Å². The number of thiophene rings is 1. The maximum atomic E-state index is 12.7. The van der Waals surface area contributed by atoms with Gasteiger partial charge in [-0.1, -0.05) is 19.4 Å². The molecule has 0 amide bonds. The lowest BCUT2D eigenvalue weighted by atomic mass is 10.1. The summed E-state index contributed by atoms with van der Waals surface area (Å²) in [6.07, 6.45) is -2.94. The number of halogens is 3. The molecule has 2 aromatic heterocycles. The van der Waals surface area contributed by atoms with Gasteiger partial charge in [0.15, 0.2) is 0 Å². The maximum Gasteiger partial charge on any atom is 0.451 e. The Morgan fingerprint density at radius 3 is 2.71 bits per heavy atom. The summed E-state index contributed by atoms with van der Waals surface area (Å²) in [5, 5.41) is 4.94. The predicted octanol–water partition coefficient (Wildman–Crippen LogP) is 4.09. The van der Waals surface area contributed by atoms with Crippen molar-refractivity contribution in [1.29, 1.82) is 0 Å². The van der Waals surface area contributed by atoms with Crippen LogP contribution in [-0.2, 0) is 6.18 Å². The molecule has 0 aliphatic carbocycles. The fourth-order valence-electron chi connectivity index (χ4n) is 1.91. The number of anilines is 2. The topological polar surface area (TPSA) is 63.8 Å². The molecule has 1 unspecified atom stereocenters. The molecule has 0 aliphatic heterocycles. The average molecular weight is 316 g/mol. The van der Waals surface area contributed by atoms with Crippen LogP contribution in [0, 0.1) is 0 Å². The van der Waals surface area contributed by atoms with Gasteiger partial charge >= 0.3 is 6.18 Å². The lowest BCUT2D eigenvalue weighted by Crippen LogP contribution is -2.16. The summed E-state index contributed by atoms with van der Waals surface area (Å²) in [5.74, 6) is -1.35. The molecular weight excluding hydrogens is 301 g/mol. The van der Waals surface area contributed by atoms with Crippen LogP contribution < -0.4 is 11.1 Å². The van der Waals surface area contributed by atoms with E-state index in [2.05, 4.69) is 15.3 Å². The van der Waals surface area contributed by atoms with Crippen molar-refractivity contribution >= 4 is 23.0 Å². The van der Waals surface area contributed by atoms with E-state index >= 15 is 0 Å². The van der Waals surface area contributed by atoms with Crippen molar-refractivity contribution in [3.8, 4) is 0 Å². The monoisotopic (exact) mass is 316 g/mol. The zero-order chi connectivity index (χ0) is 15.5. The molecular formula is C13H15F3N4S. The van der Waals surface area contributed by atoms with Gasteiger partial charge in [0.25, 0.3) is 0 Å². The van der Waals surface area contributed by atoms with E-state index < -0.39 is 12.0 Å². The van der Waals surface area contributed by atoms with Crippen LogP contribution in [0.3, 0.4) is 0 Å². The van der Waals surface area contributed by atoms with Crippen molar-refractivity contribution in [2.75, 3.05) is 11.1 Å². The summed E-state index contributed by atoms with van der Waals surface area (Å²) in [7, 11) is 0. The second-order valence-electron chi connectivity index (χ2n) is 4.50. The number of aromatic nitrogens is 2. The van der Waals surface area contributed by atoms with Gasteiger partial charge in [-0.05, 0) is 17.9 Å². The molecule has 1 atom stereocenters. The number of nitrogens with one attached hydrogen (secondary N) is 1. The molecule has 0 radical (unpaired) electrons. The van der Waals surface area contributed by atoms with Crippen LogP contribution in [0.5, 0.6) is 0 Å². The molecule has 0 spiro atoms. The molecule has 0 bridgehead atoms. The number of nitrogens with two attached hydrogens (primary N) is 1. The largest absolute Gasteiger partial charge is 0.451 e. The van der Waals surface area contributed by atoms with E-state index in [1.54, 1.807) is 11.3 Å². The molecule has 2 rings (SSSR count). The Bertz CT molecular complexity index is 584. The quantitative estimate of drug-likeness (QED) is 0.872. The SMILES string of the molecule is CCCC(Nc1cc(N)nc(C(F)(F)F)n1)c1cccs1. The van der Waals surface area contributed by atoms with Crippen LogP contribution in [0.4, 0.5) is 24.8 Å². The van der Waals surface area contributed by atoms with Crippen molar-refractivity contribution in [3.63, 3.8) is 0 Å². The molecule has 0 aromatic carbocycles. The molecule has 3 N–H and O–H groups in total. The minimum absolute atomic E-state index is 0.0849. The number of hydrogen-bond donors (Lipinski definition) is 2. The second-order valence-corrected chi connectivity index (χ2v) is 5.48.